The number of nitrogens with zero attached hydrogens (tertiary/aromatic N) is 2. The van der Waals surface area contributed by atoms with E-state index in [4.69, 9.17) is 5.26 Å². The Kier molecular flexibility index (Phi) is 2.83. The van der Waals surface area contributed by atoms with Crippen LogP contribution in [0.2, 0.25) is 0 Å². The average molecular weight is 238 g/mol. The third-order valence-corrected chi connectivity index (χ3v) is 3.07. The molecule has 0 saturated heterocycles. The Balaban J connectivity index is 1.76. The molecule has 1 aliphatic rings. The van der Waals surface area contributed by atoms with Crippen LogP contribution in [0.1, 0.15) is 24.2 Å². The van der Waals surface area contributed by atoms with E-state index in [0.29, 0.717) is 11.6 Å². The zero-order valence-corrected chi connectivity index (χ0v) is 9.98. The molecule has 1 aromatic carbocycles. The SMILES string of the molecule is N#Cc1cccc(-c2cnc(CNC3CC3)[nH]2)c1. The summed E-state index contributed by atoms with van der Waals surface area (Å²) in [7, 11) is 0. The van der Waals surface area contributed by atoms with Gasteiger partial charge in [-0.15, -0.1) is 0 Å². The van der Waals surface area contributed by atoms with Crippen molar-refractivity contribution in [1.29, 1.82) is 5.26 Å². The van der Waals surface area contributed by atoms with Gasteiger partial charge in [0.1, 0.15) is 5.82 Å². The molecule has 0 unspecified atom stereocenters. The van der Waals surface area contributed by atoms with Crippen LogP contribution in [0, 0.1) is 11.3 Å². The molecule has 1 aliphatic carbocycles. The van der Waals surface area contributed by atoms with Crippen LogP contribution in [0.3, 0.4) is 0 Å². The number of H-pyrrole nitrogens is 1. The van der Waals surface area contributed by atoms with Crippen molar-refractivity contribution in [2.24, 2.45) is 0 Å². The highest BCUT2D eigenvalue weighted by atomic mass is 15.0. The zero-order valence-electron chi connectivity index (χ0n) is 9.98. The number of nitrogens with one attached hydrogen (secondary N) is 2. The fraction of sp³-hybridized carbons (Fsp3) is 0.286. The van der Waals surface area contributed by atoms with E-state index in [2.05, 4.69) is 21.4 Å². The van der Waals surface area contributed by atoms with Crippen molar-refractivity contribution in [3.63, 3.8) is 0 Å². The molecule has 1 heterocycles. The fourth-order valence-corrected chi connectivity index (χ4v) is 1.88. The highest BCUT2D eigenvalue weighted by molar-refractivity contribution is 5.60. The van der Waals surface area contributed by atoms with Gasteiger partial charge in [-0.05, 0) is 25.0 Å². The number of aromatic nitrogens is 2. The molecule has 18 heavy (non-hydrogen) atoms. The van der Waals surface area contributed by atoms with Gasteiger partial charge in [-0.25, -0.2) is 4.98 Å². The van der Waals surface area contributed by atoms with Gasteiger partial charge in [0, 0.05) is 11.6 Å². The van der Waals surface area contributed by atoms with E-state index >= 15 is 0 Å². The monoisotopic (exact) mass is 238 g/mol. The summed E-state index contributed by atoms with van der Waals surface area (Å²) in [6.45, 7) is 0.780. The molecule has 0 spiro atoms. The topological polar surface area (TPSA) is 64.5 Å². The Morgan fingerprint density at radius 3 is 3.11 bits per heavy atom. The van der Waals surface area contributed by atoms with Crippen molar-refractivity contribution >= 4 is 0 Å². The molecule has 4 nitrogen and oxygen atoms in total. The van der Waals surface area contributed by atoms with Gasteiger partial charge in [0.25, 0.3) is 0 Å². The zero-order chi connectivity index (χ0) is 12.4. The molecule has 0 amide bonds. The van der Waals surface area contributed by atoms with Crippen molar-refractivity contribution in [1.82, 2.24) is 15.3 Å². The number of imidazole rings is 1. The summed E-state index contributed by atoms with van der Waals surface area (Å²) >= 11 is 0. The summed E-state index contributed by atoms with van der Waals surface area (Å²) < 4.78 is 0. The Labute approximate surface area is 106 Å². The molecule has 3 rings (SSSR count). The van der Waals surface area contributed by atoms with Crippen LogP contribution in [-0.2, 0) is 6.54 Å². The summed E-state index contributed by atoms with van der Waals surface area (Å²) in [5.41, 5.74) is 2.62. The molecule has 0 bridgehead atoms. The third-order valence-electron chi connectivity index (χ3n) is 3.07. The van der Waals surface area contributed by atoms with E-state index in [0.717, 1.165) is 23.6 Å². The van der Waals surface area contributed by atoms with Gasteiger partial charge in [0.05, 0.1) is 30.1 Å². The lowest BCUT2D eigenvalue weighted by Gasteiger charge is -1.99. The Bertz CT molecular complexity index is 590. The summed E-state index contributed by atoms with van der Waals surface area (Å²) in [6, 6.07) is 10.4. The smallest absolute Gasteiger partial charge is 0.120 e. The number of hydrogen-bond acceptors (Lipinski definition) is 3. The van der Waals surface area contributed by atoms with Gasteiger partial charge in [-0.2, -0.15) is 5.26 Å². The first-order chi connectivity index (χ1) is 8.85. The highest BCUT2D eigenvalue weighted by Gasteiger charge is 2.20. The average Bonchev–Trinajstić information content (AvgIpc) is 3.13. The van der Waals surface area contributed by atoms with Gasteiger partial charge in [0.2, 0.25) is 0 Å². The lowest BCUT2D eigenvalue weighted by atomic mass is 10.1. The normalized spacial score (nSPS) is 14.4. The number of rotatable bonds is 4. The van der Waals surface area contributed by atoms with Crippen LogP contribution in [0.4, 0.5) is 0 Å². The first-order valence-corrected chi connectivity index (χ1v) is 6.13. The lowest BCUT2D eigenvalue weighted by Crippen LogP contribution is -2.16. The quantitative estimate of drug-likeness (QED) is 0.858. The Hall–Kier alpha value is -2.12. The summed E-state index contributed by atoms with van der Waals surface area (Å²) in [4.78, 5) is 7.63. The van der Waals surface area contributed by atoms with Crippen molar-refractivity contribution in [3.8, 4) is 17.3 Å². The van der Waals surface area contributed by atoms with Crippen molar-refractivity contribution in [2.45, 2.75) is 25.4 Å². The molecule has 0 aliphatic heterocycles. The number of hydrogen-bond donors (Lipinski definition) is 2. The van der Waals surface area contributed by atoms with Gasteiger partial charge < -0.3 is 10.3 Å². The number of benzene rings is 1. The summed E-state index contributed by atoms with van der Waals surface area (Å²) in [5, 5.41) is 12.3. The molecule has 0 radical (unpaired) electrons. The minimum absolute atomic E-state index is 0.666. The van der Waals surface area contributed by atoms with Crippen molar-refractivity contribution in [2.75, 3.05) is 0 Å². The predicted molar refractivity (Wildman–Crippen MR) is 68.6 cm³/mol. The van der Waals surface area contributed by atoms with Crippen molar-refractivity contribution < 1.29 is 0 Å². The summed E-state index contributed by atoms with van der Waals surface area (Å²) in [6.07, 6.45) is 4.37. The highest BCUT2D eigenvalue weighted by Crippen LogP contribution is 2.20. The number of nitriles is 1. The second-order valence-electron chi connectivity index (χ2n) is 4.59. The first kappa shape index (κ1) is 11.0. The van der Waals surface area contributed by atoms with Gasteiger partial charge >= 0.3 is 0 Å². The molecular weight excluding hydrogens is 224 g/mol. The maximum absolute atomic E-state index is 8.88. The molecule has 1 saturated carbocycles. The van der Waals surface area contributed by atoms with Gasteiger partial charge in [-0.1, -0.05) is 12.1 Å². The maximum atomic E-state index is 8.88. The Morgan fingerprint density at radius 2 is 2.33 bits per heavy atom. The molecule has 1 aromatic heterocycles. The van der Waals surface area contributed by atoms with E-state index in [1.165, 1.54) is 12.8 Å². The summed E-state index contributed by atoms with van der Waals surface area (Å²) in [5.74, 6) is 0.944. The van der Waals surface area contributed by atoms with E-state index in [1.807, 2.05) is 24.4 Å². The van der Waals surface area contributed by atoms with E-state index in [-0.39, 0.29) is 0 Å². The van der Waals surface area contributed by atoms with Crippen LogP contribution in [0.25, 0.3) is 11.3 Å². The van der Waals surface area contributed by atoms with Crippen LogP contribution in [-0.4, -0.2) is 16.0 Å². The first-order valence-electron chi connectivity index (χ1n) is 6.13. The third kappa shape index (κ3) is 2.41. The molecule has 1 fully saturated rings. The van der Waals surface area contributed by atoms with Crippen LogP contribution in [0.5, 0.6) is 0 Å². The minimum Gasteiger partial charge on any atom is -0.341 e. The standard InChI is InChI=1S/C14H14N4/c15-7-10-2-1-3-11(6-10)13-8-17-14(18-13)9-16-12-4-5-12/h1-3,6,8,12,16H,4-5,9H2,(H,17,18). The lowest BCUT2D eigenvalue weighted by molar-refractivity contribution is 0.664. The molecular formula is C14H14N4. The van der Waals surface area contributed by atoms with Crippen LogP contribution < -0.4 is 5.32 Å². The van der Waals surface area contributed by atoms with E-state index < -0.39 is 0 Å². The van der Waals surface area contributed by atoms with Crippen LogP contribution in [0.15, 0.2) is 30.5 Å². The van der Waals surface area contributed by atoms with Crippen molar-refractivity contribution in [3.05, 3.63) is 41.9 Å². The minimum atomic E-state index is 0.666. The maximum Gasteiger partial charge on any atom is 0.120 e. The molecule has 90 valence electrons. The van der Waals surface area contributed by atoms with E-state index in [9.17, 15) is 0 Å². The second-order valence-corrected chi connectivity index (χ2v) is 4.59. The largest absolute Gasteiger partial charge is 0.341 e. The molecule has 2 aromatic rings. The van der Waals surface area contributed by atoms with Gasteiger partial charge in [-0.3, -0.25) is 0 Å². The molecule has 0 atom stereocenters. The fourth-order valence-electron chi connectivity index (χ4n) is 1.88. The predicted octanol–water partition coefficient (Wildman–Crippen LogP) is 2.20. The van der Waals surface area contributed by atoms with Crippen LogP contribution >= 0.6 is 0 Å². The van der Waals surface area contributed by atoms with E-state index in [1.54, 1.807) is 6.07 Å². The Morgan fingerprint density at radius 1 is 1.44 bits per heavy atom. The second kappa shape index (κ2) is 4.63. The molecule has 2 N–H and O–H groups in total. The van der Waals surface area contributed by atoms with Gasteiger partial charge in [0.15, 0.2) is 0 Å². The number of aromatic amines is 1. The molecule has 4 heteroatoms.